The Hall–Kier alpha value is -1.93. The lowest BCUT2D eigenvalue weighted by Gasteiger charge is -2.38. The number of carbonyl (C=O) groups excluding carboxylic acids is 1. The number of pyridine rings is 1. The number of carbonyl (C=O) groups is 1. The van der Waals surface area contributed by atoms with Gasteiger partial charge in [-0.05, 0) is 32.6 Å². The molecule has 8 heteroatoms. The average Bonchev–Trinajstić information content (AvgIpc) is 3.18. The van der Waals surface area contributed by atoms with E-state index in [2.05, 4.69) is 10.3 Å². The summed E-state index contributed by atoms with van der Waals surface area (Å²) in [6, 6.07) is 0.201. The van der Waals surface area contributed by atoms with Crippen molar-refractivity contribution in [3.8, 4) is 0 Å². The van der Waals surface area contributed by atoms with Crippen LogP contribution < -0.4 is 11.1 Å². The van der Waals surface area contributed by atoms with E-state index in [0.717, 1.165) is 49.0 Å². The number of nitrogens with one attached hydrogen (secondary N) is 1. The summed E-state index contributed by atoms with van der Waals surface area (Å²) in [6.45, 7) is 1.70. The third-order valence-electron chi connectivity index (χ3n) is 5.76. The topological polar surface area (TPSA) is 105 Å². The zero-order valence-electron chi connectivity index (χ0n) is 14.8. The molecule has 1 aromatic rings. The Labute approximate surface area is 153 Å². The molecule has 2 aliphatic heterocycles. The number of anilines is 1. The minimum absolute atomic E-state index is 0.0404. The first-order chi connectivity index (χ1) is 12.4. The molecule has 0 aromatic carbocycles. The van der Waals surface area contributed by atoms with Crippen molar-refractivity contribution >= 4 is 27.7 Å². The molecule has 2 bridgehead atoms. The molecule has 140 valence electrons. The lowest BCUT2D eigenvalue weighted by Crippen LogP contribution is -2.50. The summed E-state index contributed by atoms with van der Waals surface area (Å²) >= 11 is 0. The van der Waals surface area contributed by atoms with E-state index in [1.807, 2.05) is 12.2 Å². The Kier molecular flexibility index (Phi) is 4.27. The molecular formula is C18H24N4O3S. The van der Waals surface area contributed by atoms with E-state index in [0.29, 0.717) is 5.56 Å². The van der Waals surface area contributed by atoms with Crippen LogP contribution in [0.5, 0.6) is 0 Å². The number of sulfonamides is 1. The van der Waals surface area contributed by atoms with Crippen LogP contribution in [0.15, 0.2) is 12.3 Å². The molecular weight excluding hydrogens is 352 g/mol. The van der Waals surface area contributed by atoms with Crippen LogP contribution in [-0.2, 0) is 16.4 Å². The van der Waals surface area contributed by atoms with Crippen LogP contribution in [0.1, 0.15) is 54.2 Å². The monoisotopic (exact) mass is 376 g/mol. The minimum Gasteiger partial charge on any atom is -0.381 e. The van der Waals surface area contributed by atoms with Gasteiger partial charge in [0.25, 0.3) is 5.91 Å². The van der Waals surface area contributed by atoms with Crippen molar-refractivity contribution in [3.63, 3.8) is 0 Å². The van der Waals surface area contributed by atoms with Gasteiger partial charge in [0.05, 0.1) is 22.7 Å². The van der Waals surface area contributed by atoms with Gasteiger partial charge in [-0.2, -0.15) is 4.31 Å². The lowest BCUT2D eigenvalue weighted by atomic mass is 9.98. The molecule has 7 nitrogen and oxygen atoms in total. The van der Waals surface area contributed by atoms with Crippen LogP contribution in [0.2, 0.25) is 0 Å². The molecule has 3 N–H and O–H groups in total. The summed E-state index contributed by atoms with van der Waals surface area (Å²) in [5.41, 5.74) is 8.55. The molecule has 4 rings (SSSR count). The lowest BCUT2D eigenvalue weighted by molar-refractivity contribution is 0.100. The van der Waals surface area contributed by atoms with Gasteiger partial charge in [0.15, 0.2) is 0 Å². The minimum atomic E-state index is -3.17. The van der Waals surface area contributed by atoms with Crippen LogP contribution in [0.3, 0.4) is 0 Å². The third kappa shape index (κ3) is 2.81. The van der Waals surface area contributed by atoms with Crippen molar-refractivity contribution in [2.45, 2.75) is 57.2 Å². The van der Waals surface area contributed by atoms with Crippen molar-refractivity contribution in [1.82, 2.24) is 9.29 Å². The normalized spacial score (nSPS) is 27.5. The summed E-state index contributed by atoms with van der Waals surface area (Å²) in [5, 5.41) is 3.51. The van der Waals surface area contributed by atoms with Crippen molar-refractivity contribution in [3.05, 3.63) is 29.1 Å². The number of nitrogens with zero attached hydrogens (tertiary/aromatic N) is 2. The molecule has 3 atom stereocenters. The number of rotatable bonds is 5. The van der Waals surface area contributed by atoms with Gasteiger partial charge in [-0.3, -0.25) is 9.78 Å². The summed E-state index contributed by atoms with van der Waals surface area (Å²) in [7, 11) is -3.17. The molecule has 1 unspecified atom stereocenters. The average molecular weight is 376 g/mol. The second-order valence-electron chi connectivity index (χ2n) is 7.31. The van der Waals surface area contributed by atoms with Gasteiger partial charge in [0.1, 0.15) is 0 Å². The van der Waals surface area contributed by atoms with E-state index in [9.17, 15) is 13.2 Å². The van der Waals surface area contributed by atoms with E-state index >= 15 is 0 Å². The highest BCUT2D eigenvalue weighted by molar-refractivity contribution is 7.89. The number of piperidine rings is 1. The fourth-order valence-electron chi connectivity index (χ4n) is 4.60. The standard InChI is InChI=1S/C18H24N4O3S/c1-2-26(24,25)22-12-6-7-13(22)9-11(8-12)21-17-14-4-3-5-16(14)20-10-15(17)18(19)23/h3-4,10-13H,2,5-9H2,1H3,(H2,19,23)(H,20,21)/t11?,12-,13+. The van der Waals surface area contributed by atoms with Crippen LogP contribution in [-0.4, -0.2) is 47.5 Å². The maximum Gasteiger partial charge on any atom is 0.252 e. The van der Waals surface area contributed by atoms with Crippen molar-refractivity contribution < 1.29 is 13.2 Å². The molecule has 2 saturated heterocycles. The SMILES string of the molecule is CCS(=O)(=O)N1[C@@H]2CC[C@H]1CC(Nc1c(C(N)=O)cnc3c1C=CC3)C2. The quantitative estimate of drug-likeness (QED) is 0.810. The highest BCUT2D eigenvalue weighted by Crippen LogP contribution is 2.40. The highest BCUT2D eigenvalue weighted by Gasteiger charge is 2.46. The highest BCUT2D eigenvalue weighted by atomic mass is 32.2. The fourth-order valence-corrected chi connectivity index (χ4v) is 6.19. The summed E-state index contributed by atoms with van der Waals surface area (Å²) in [4.78, 5) is 16.2. The van der Waals surface area contributed by atoms with Gasteiger partial charge in [0, 0.05) is 36.3 Å². The van der Waals surface area contributed by atoms with E-state index < -0.39 is 15.9 Å². The number of amides is 1. The molecule has 26 heavy (non-hydrogen) atoms. The largest absolute Gasteiger partial charge is 0.381 e. The predicted octanol–water partition coefficient (Wildman–Crippen LogP) is 1.51. The van der Waals surface area contributed by atoms with Crippen molar-refractivity contribution in [2.24, 2.45) is 5.73 Å². The van der Waals surface area contributed by atoms with Crippen molar-refractivity contribution in [2.75, 3.05) is 11.1 Å². The van der Waals surface area contributed by atoms with E-state index in [1.165, 1.54) is 0 Å². The Morgan fingerprint density at radius 3 is 2.65 bits per heavy atom. The molecule has 1 amide bonds. The molecule has 1 aliphatic carbocycles. The summed E-state index contributed by atoms with van der Waals surface area (Å²) in [6.07, 6.45) is 9.58. The number of nitrogens with two attached hydrogens (primary N) is 1. The van der Waals surface area contributed by atoms with Crippen LogP contribution in [0.25, 0.3) is 6.08 Å². The number of fused-ring (bicyclic) bond motifs is 3. The number of allylic oxidation sites excluding steroid dienone is 1. The zero-order valence-corrected chi connectivity index (χ0v) is 15.6. The number of primary amides is 1. The van der Waals surface area contributed by atoms with Gasteiger partial charge in [-0.15, -0.1) is 0 Å². The number of hydrogen-bond donors (Lipinski definition) is 2. The van der Waals surface area contributed by atoms with Crippen LogP contribution >= 0.6 is 0 Å². The zero-order chi connectivity index (χ0) is 18.5. The van der Waals surface area contributed by atoms with E-state index in [4.69, 9.17) is 5.73 Å². The van der Waals surface area contributed by atoms with Crippen molar-refractivity contribution in [1.29, 1.82) is 0 Å². The van der Waals surface area contributed by atoms with E-state index in [-0.39, 0.29) is 23.9 Å². The molecule has 3 aliphatic rings. The third-order valence-corrected chi connectivity index (χ3v) is 7.73. The smallest absolute Gasteiger partial charge is 0.252 e. The maximum absolute atomic E-state index is 12.4. The molecule has 0 radical (unpaired) electrons. The van der Waals surface area contributed by atoms with E-state index in [1.54, 1.807) is 17.4 Å². The Morgan fingerprint density at radius 1 is 1.35 bits per heavy atom. The van der Waals surface area contributed by atoms with Gasteiger partial charge < -0.3 is 11.1 Å². The van der Waals surface area contributed by atoms with Gasteiger partial charge in [-0.25, -0.2) is 8.42 Å². The Bertz CT molecular complexity index is 867. The van der Waals surface area contributed by atoms with Crippen LogP contribution in [0.4, 0.5) is 5.69 Å². The maximum atomic E-state index is 12.4. The summed E-state index contributed by atoms with van der Waals surface area (Å²) in [5.74, 6) is -0.357. The number of aromatic nitrogens is 1. The molecule has 0 spiro atoms. The Balaban J connectivity index is 1.60. The van der Waals surface area contributed by atoms with Gasteiger partial charge in [-0.1, -0.05) is 12.2 Å². The second-order valence-corrected chi connectivity index (χ2v) is 9.47. The number of hydrogen-bond acceptors (Lipinski definition) is 5. The van der Waals surface area contributed by atoms with Gasteiger partial charge in [0.2, 0.25) is 10.0 Å². The second kappa shape index (κ2) is 6.35. The fraction of sp³-hybridized carbons (Fsp3) is 0.556. The first-order valence-electron chi connectivity index (χ1n) is 9.16. The first kappa shape index (κ1) is 17.5. The first-order valence-corrected chi connectivity index (χ1v) is 10.8. The molecule has 3 heterocycles. The summed E-state index contributed by atoms with van der Waals surface area (Å²) < 4.78 is 26.5. The van der Waals surface area contributed by atoms with Gasteiger partial charge >= 0.3 is 0 Å². The Morgan fingerprint density at radius 2 is 2.04 bits per heavy atom. The molecule has 0 saturated carbocycles. The van der Waals surface area contributed by atoms with Crippen LogP contribution in [0, 0.1) is 0 Å². The predicted molar refractivity (Wildman–Crippen MR) is 100 cm³/mol. The molecule has 1 aromatic heterocycles. The molecule has 2 fully saturated rings.